The Morgan fingerprint density at radius 2 is 1.86 bits per heavy atom. The molecule has 120 valence electrons. The summed E-state index contributed by atoms with van der Waals surface area (Å²) in [5, 5.41) is 13.9. The molecule has 2 amide bonds. The van der Waals surface area contributed by atoms with E-state index in [1.807, 2.05) is 6.26 Å². The average molecular weight is 324 g/mol. The van der Waals surface area contributed by atoms with Crippen molar-refractivity contribution in [3.8, 4) is 0 Å². The topological polar surface area (TPSA) is 95.5 Å². The highest BCUT2D eigenvalue weighted by Gasteiger charge is 2.15. The summed E-state index contributed by atoms with van der Waals surface area (Å²) in [6.45, 7) is 1.39. The van der Waals surface area contributed by atoms with Gasteiger partial charge in [-0.15, -0.1) is 0 Å². The highest BCUT2D eigenvalue weighted by atomic mass is 32.2. The summed E-state index contributed by atoms with van der Waals surface area (Å²) in [5.41, 5.74) is 0.950. The van der Waals surface area contributed by atoms with Gasteiger partial charge in [0, 0.05) is 17.7 Å². The number of thioether (sulfide) groups is 1. The summed E-state index contributed by atoms with van der Waals surface area (Å²) in [6, 6.07) is 5.37. The number of anilines is 1. The molecule has 0 saturated carbocycles. The van der Waals surface area contributed by atoms with Crippen molar-refractivity contribution in [2.75, 3.05) is 17.3 Å². The van der Waals surface area contributed by atoms with Gasteiger partial charge in [0.2, 0.25) is 5.91 Å². The monoisotopic (exact) mass is 324 g/mol. The van der Waals surface area contributed by atoms with E-state index in [4.69, 9.17) is 5.11 Å². The zero-order valence-corrected chi connectivity index (χ0v) is 13.4. The van der Waals surface area contributed by atoms with Gasteiger partial charge in [0.25, 0.3) is 5.91 Å². The predicted molar refractivity (Wildman–Crippen MR) is 87.3 cm³/mol. The van der Waals surface area contributed by atoms with Gasteiger partial charge >= 0.3 is 5.97 Å². The number of hydrogen-bond donors (Lipinski definition) is 3. The molecule has 0 saturated heterocycles. The number of carbonyl (C=O) groups is 3. The van der Waals surface area contributed by atoms with Crippen LogP contribution in [-0.2, 0) is 9.59 Å². The van der Waals surface area contributed by atoms with Gasteiger partial charge < -0.3 is 15.7 Å². The third kappa shape index (κ3) is 6.17. The first kappa shape index (κ1) is 18.0. The van der Waals surface area contributed by atoms with Crippen molar-refractivity contribution in [1.29, 1.82) is 0 Å². The molecule has 0 aliphatic heterocycles. The van der Waals surface area contributed by atoms with Crippen molar-refractivity contribution in [3.63, 3.8) is 0 Å². The molecule has 22 heavy (non-hydrogen) atoms. The van der Waals surface area contributed by atoms with Gasteiger partial charge in [-0.2, -0.15) is 11.8 Å². The molecule has 3 N–H and O–H groups in total. The molecule has 0 spiro atoms. The van der Waals surface area contributed by atoms with Gasteiger partial charge in [-0.3, -0.25) is 14.4 Å². The summed E-state index contributed by atoms with van der Waals surface area (Å²) in [5.74, 6) is -0.685. The Morgan fingerprint density at radius 3 is 2.41 bits per heavy atom. The fraction of sp³-hybridized carbons (Fsp3) is 0.400. The minimum atomic E-state index is -1.09. The third-order valence-electron chi connectivity index (χ3n) is 2.90. The number of amides is 2. The van der Waals surface area contributed by atoms with Crippen molar-refractivity contribution >= 4 is 35.2 Å². The summed E-state index contributed by atoms with van der Waals surface area (Å²) >= 11 is 1.70. The summed E-state index contributed by atoms with van der Waals surface area (Å²) in [6.07, 6.45) is 3.27. The van der Waals surface area contributed by atoms with Crippen molar-refractivity contribution in [1.82, 2.24) is 5.32 Å². The maximum Gasteiger partial charge on any atom is 0.325 e. The Bertz CT molecular complexity index is 531. The average Bonchev–Trinajstić information content (AvgIpc) is 2.48. The van der Waals surface area contributed by atoms with Crippen molar-refractivity contribution in [3.05, 3.63) is 29.8 Å². The van der Waals surface area contributed by atoms with E-state index in [2.05, 4.69) is 10.6 Å². The van der Waals surface area contributed by atoms with E-state index < -0.39 is 17.9 Å². The zero-order chi connectivity index (χ0) is 16.5. The van der Waals surface area contributed by atoms with Gasteiger partial charge in [0.15, 0.2) is 0 Å². The molecule has 1 atom stereocenters. The molecule has 0 bridgehead atoms. The lowest BCUT2D eigenvalue weighted by Crippen LogP contribution is -2.38. The van der Waals surface area contributed by atoms with Crippen LogP contribution in [0, 0.1) is 0 Å². The molecule has 0 radical (unpaired) electrons. The molecule has 1 aromatic carbocycles. The molecule has 1 unspecified atom stereocenters. The van der Waals surface area contributed by atoms with Crippen LogP contribution in [0.1, 0.15) is 30.1 Å². The van der Waals surface area contributed by atoms with E-state index in [-0.39, 0.29) is 5.91 Å². The Kier molecular flexibility index (Phi) is 7.45. The van der Waals surface area contributed by atoms with Gasteiger partial charge in [0.05, 0.1) is 0 Å². The molecule has 0 aromatic heterocycles. The van der Waals surface area contributed by atoms with Crippen LogP contribution >= 0.6 is 11.8 Å². The minimum Gasteiger partial charge on any atom is -0.480 e. The van der Waals surface area contributed by atoms with Gasteiger partial charge in [-0.05, 0) is 49.6 Å². The van der Waals surface area contributed by atoms with E-state index in [0.29, 0.717) is 17.7 Å². The summed E-state index contributed by atoms with van der Waals surface area (Å²) < 4.78 is 0. The van der Waals surface area contributed by atoms with Crippen LogP contribution in [0.2, 0.25) is 0 Å². The van der Waals surface area contributed by atoms with E-state index in [1.54, 1.807) is 36.0 Å². The van der Waals surface area contributed by atoms with E-state index in [0.717, 1.165) is 12.2 Å². The molecular formula is C15H20N2O4S. The number of nitrogens with one attached hydrogen (secondary N) is 2. The number of rotatable bonds is 8. The first-order valence-electron chi connectivity index (χ1n) is 6.86. The van der Waals surface area contributed by atoms with Gasteiger partial charge in [-0.25, -0.2) is 0 Å². The van der Waals surface area contributed by atoms with Gasteiger partial charge in [0.1, 0.15) is 6.04 Å². The Balaban J connectivity index is 2.53. The van der Waals surface area contributed by atoms with Crippen LogP contribution in [0.25, 0.3) is 0 Å². The fourth-order valence-electron chi connectivity index (χ4n) is 1.65. The van der Waals surface area contributed by atoms with Gasteiger partial charge in [-0.1, -0.05) is 0 Å². The van der Waals surface area contributed by atoms with Crippen LogP contribution in [-0.4, -0.2) is 40.9 Å². The number of carbonyl (C=O) groups excluding carboxylic acids is 2. The Morgan fingerprint density at radius 1 is 1.23 bits per heavy atom. The third-order valence-corrected chi connectivity index (χ3v) is 3.60. The molecule has 0 heterocycles. The number of benzene rings is 1. The maximum atomic E-state index is 11.8. The second-order valence-electron chi connectivity index (χ2n) is 4.76. The Labute approximate surface area is 133 Å². The molecule has 7 heteroatoms. The van der Waals surface area contributed by atoms with Crippen molar-refractivity contribution < 1.29 is 19.5 Å². The molecule has 0 fully saturated rings. The highest BCUT2D eigenvalue weighted by molar-refractivity contribution is 7.98. The second-order valence-corrected chi connectivity index (χ2v) is 5.74. The van der Waals surface area contributed by atoms with E-state index >= 15 is 0 Å². The number of hydrogen-bond acceptors (Lipinski definition) is 4. The normalized spacial score (nSPS) is 11.5. The SMILES string of the molecule is CSCCCC(=O)Nc1ccc(C(=O)NC(C)C(=O)O)cc1. The molecular weight excluding hydrogens is 304 g/mol. The molecule has 1 aromatic rings. The first-order valence-corrected chi connectivity index (χ1v) is 8.26. The maximum absolute atomic E-state index is 11.8. The number of carboxylic acids is 1. The zero-order valence-electron chi connectivity index (χ0n) is 12.6. The van der Waals surface area contributed by atoms with Crippen LogP contribution < -0.4 is 10.6 Å². The molecule has 6 nitrogen and oxygen atoms in total. The van der Waals surface area contributed by atoms with Crippen molar-refractivity contribution in [2.24, 2.45) is 0 Å². The molecule has 1 rings (SSSR count). The molecule has 0 aliphatic carbocycles. The second kappa shape index (κ2) is 9.09. The first-order chi connectivity index (χ1) is 10.4. The van der Waals surface area contributed by atoms with Crippen LogP contribution in [0.15, 0.2) is 24.3 Å². The molecule has 0 aliphatic rings. The lowest BCUT2D eigenvalue weighted by molar-refractivity contribution is -0.138. The standard InChI is InChI=1S/C15H20N2O4S/c1-10(15(20)21)16-14(19)11-5-7-12(8-6-11)17-13(18)4-3-9-22-2/h5-8,10H,3-4,9H2,1-2H3,(H,16,19)(H,17,18)(H,20,21). The quantitative estimate of drug-likeness (QED) is 0.635. The lowest BCUT2D eigenvalue weighted by Gasteiger charge is -2.10. The lowest BCUT2D eigenvalue weighted by atomic mass is 10.1. The predicted octanol–water partition coefficient (Wildman–Crippen LogP) is 1.97. The smallest absolute Gasteiger partial charge is 0.325 e. The number of aliphatic carboxylic acids is 1. The van der Waals surface area contributed by atoms with Crippen LogP contribution in [0.4, 0.5) is 5.69 Å². The van der Waals surface area contributed by atoms with E-state index in [1.165, 1.54) is 6.92 Å². The Hall–Kier alpha value is -2.02. The number of carboxylic acid groups (broad SMARTS) is 1. The highest BCUT2D eigenvalue weighted by Crippen LogP contribution is 2.11. The summed E-state index contributed by atoms with van der Waals surface area (Å²) in [7, 11) is 0. The van der Waals surface area contributed by atoms with E-state index in [9.17, 15) is 14.4 Å². The van der Waals surface area contributed by atoms with Crippen LogP contribution in [0.5, 0.6) is 0 Å². The largest absolute Gasteiger partial charge is 0.480 e. The summed E-state index contributed by atoms with van der Waals surface area (Å²) in [4.78, 5) is 34.2. The fourth-order valence-corrected chi connectivity index (χ4v) is 2.08. The minimum absolute atomic E-state index is 0.0641. The van der Waals surface area contributed by atoms with Crippen LogP contribution in [0.3, 0.4) is 0 Å². The van der Waals surface area contributed by atoms with Crippen molar-refractivity contribution in [2.45, 2.75) is 25.8 Å².